The van der Waals surface area contributed by atoms with Gasteiger partial charge < -0.3 is 23.3 Å². The van der Waals surface area contributed by atoms with E-state index in [1.807, 2.05) is 27.7 Å². The smallest absolute Gasteiger partial charge is 0.512 e. The lowest BCUT2D eigenvalue weighted by molar-refractivity contribution is 0.00578. The summed E-state index contributed by atoms with van der Waals surface area (Å²) in [5.74, 6) is 0.795. The van der Waals surface area contributed by atoms with Crippen molar-refractivity contribution in [1.82, 2.24) is 0 Å². The van der Waals surface area contributed by atoms with Crippen LogP contribution in [0.3, 0.4) is 0 Å². The number of rotatable bonds is 5. The van der Waals surface area contributed by atoms with Crippen LogP contribution in [0.5, 0.6) is 5.75 Å². The molecule has 0 bridgehead atoms. The Morgan fingerprint density at radius 3 is 1.59 bits per heavy atom. The van der Waals surface area contributed by atoms with Gasteiger partial charge in [0.2, 0.25) is 0 Å². The van der Waals surface area contributed by atoms with Gasteiger partial charge in [0.05, 0.1) is 22.4 Å². The minimum absolute atomic E-state index is 0.368. The van der Waals surface area contributed by atoms with Crippen molar-refractivity contribution in [3.05, 3.63) is 23.3 Å². The highest BCUT2D eigenvalue weighted by atomic mass is 16.8. The Morgan fingerprint density at radius 1 is 0.690 bits per heavy atom. The van der Waals surface area contributed by atoms with Gasteiger partial charge in [-0.3, -0.25) is 0 Å². The predicted octanol–water partition coefficient (Wildman–Crippen LogP) is 4.08. The summed E-state index contributed by atoms with van der Waals surface area (Å²) in [6, 6.07) is 4.24. The van der Waals surface area contributed by atoms with Gasteiger partial charge in [-0.25, -0.2) is 0 Å². The molecule has 0 spiro atoms. The van der Waals surface area contributed by atoms with E-state index in [1.165, 1.54) is 0 Å². The Bertz CT molecular complexity index is 741. The zero-order chi connectivity index (χ0) is 21.8. The fourth-order valence-corrected chi connectivity index (χ4v) is 3.51. The topological polar surface area (TPSA) is 46.2 Å². The third-order valence-corrected chi connectivity index (χ3v) is 7.05. The molecule has 0 saturated carbocycles. The molecule has 0 aromatic heterocycles. The second kappa shape index (κ2) is 7.30. The first-order valence-electron chi connectivity index (χ1n) is 10.8. The maximum absolute atomic E-state index is 6.31. The van der Waals surface area contributed by atoms with Crippen LogP contribution in [0.15, 0.2) is 12.1 Å². The molecular formula is C22H36B2O5. The predicted molar refractivity (Wildman–Crippen MR) is 118 cm³/mol. The summed E-state index contributed by atoms with van der Waals surface area (Å²) in [6.07, 6.45) is 1.68. The van der Waals surface area contributed by atoms with Crippen LogP contribution in [-0.2, 0) is 31.5 Å². The molecule has 0 radical (unpaired) electrons. The van der Waals surface area contributed by atoms with Gasteiger partial charge in [-0.1, -0.05) is 19.9 Å². The molecular weight excluding hydrogens is 366 g/mol. The Labute approximate surface area is 177 Å². The highest BCUT2D eigenvalue weighted by Gasteiger charge is 2.55. The van der Waals surface area contributed by atoms with Crippen LogP contribution >= 0.6 is 0 Å². The standard InChI is InChI=1S/C22H36B2O5/c1-11-15-14-18(25-24-28-21(7,8)22(9,10)29-24)16(12-2)13-17(15)23-26-19(3,4)20(5,6)27-23/h13-14H,11-12H2,1-10H3. The summed E-state index contributed by atoms with van der Waals surface area (Å²) in [5, 5.41) is 0. The van der Waals surface area contributed by atoms with Crippen molar-refractivity contribution in [2.45, 2.75) is 104 Å². The molecule has 2 aliphatic heterocycles. The summed E-state index contributed by atoms with van der Waals surface area (Å²) in [4.78, 5) is 0. The molecule has 0 atom stereocenters. The van der Waals surface area contributed by atoms with E-state index in [0.717, 1.165) is 35.2 Å². The van der Waals surface area contributed by atoms with Crippen molar-refractivity contribution in [3.8, 4) is 5.75 Å². The molecule has 3 rings (SSSR count). The Kier molecular flexibility index (Phi) is 5.70. The largest absolute Gasteiger partial charge is 0.714 e. The molecule has 160 valence electrons. The Hall–Kier alpha value is -1.01. The molecule has 7 heteroatoms. The van der Waals surface area contributed by atoms with Gasteiger partial charge in [0.15, 0.2) is 0 Å². The second-order valence-corrected chi connectivity index (χ2v) is 10.1. The van der Waals surface area contributed by atoms with Gasteiger partial charge >= 0.3 is 14.4 Å². The third kappa shape index (κ3) is 3.99. The maximum Gasteiger partial charge on any atom is 0.714 e. The molecule has 0 aliphatic carbocycles. The van der Waals surface area contributed by atoms with E-state index in [1.54, 1.807) is 0 Å². The summed E-state index contributed by atoms with van der Waals surface area (Å²) in [7, 11) is -1.11. The number of benzene rings is 1. The Morgan fingerprint density at radius 2 is 1.14 bits per heavy atom. The third-order valence-electron chi connectivity index (χ3n) is 7.05. The zero-order valence-corrected chi connectivity index (χ0v) is 19.8. The van der Waals surface area contributed by atoms with Crippen LogP contribution in [0, 0.1) is 0 Å². The van der Waals surface area contributed by atoms with Gasteiger partial charge in [-0.05, 0) is 90.9 Å². The van der Waals surface area contributed by atoms with E-state index in [2.05, 4.69) is 53.7 Å². The van der Waals surface area contributed by atoms with Crippen molar-refractivity contribution in [1.29, 1.82) is 0 Å². The number of aryl methyl sites for hydroxylation is 2. The quantitative estimate of drug-likeness (QED) is 0.695. The average Bonchev–Trinajstić information content (AvgIpc) is 2.93. The lowest BCUT2D eigenvalue weighted by Crippen LogP contribution is -2.41. The number of hydrogen-bond donors (Lipinski definition) is 0. The van der Waals surface area contributed by atoms with Crippen LogP contribution in [0.1, 0.15) is 80.4 Å². The molecule has 0 N–H and O–H groups in total. The van der Waals surface area contributed by atoms with Crippen LogP contribution in [0.2, 0.25) is 0 Å². The monoisotopic (exact) mass is 402 g/mol. The summed E-state index contributed by atoms with van der Waals surface area (Å²) < 4.78 is 30.9. The van der Waals surface area contributed by atoms with Crippen molar-refractivity contribution in [2.24, 2.45) is 0 Å². The van der Waals surface area contributed by atoms with Crippen molar-refractivity contribution >= 4 is 19.9 Å². The first-order chi connectivity index (χ1) is 13.2. The minimum atomic E-state index is -0.724. The van der Waals surface area contributed by atoms with E-state index in [-0.39, 0.29) is 18.3 Å². The van der Waals surface area contributed by atoms with E-state index in [0.29, 0.717) is 0 Å². The normalized spacial score (nSPS) is 24.2. The summed E-state index contributed by atoms with van der Waals surface area (Å²) in [6.45, 7) is 20.7. The van der Waals surface area contributed by atoms with E-state index >= 15 is 0 Å². The van der Waals surface area contributed by atoms with Crippen LogP contribution < -0.4 is 10.1 Å². The van der Waals surface area contributed by atoms with Crippen molar-refractivity contribution in [2.75, 3.05) is 0 Å². The minimum Gasteiger partial charge on any atom is -0.512 e. The van der Waals surface area contributed by atoms with Crippen molar-refractivity contribution < 1.29 is 23.3 Å². The van der Waals surface area contributed by atoms with Crippen LogP contribution in [0.25, 0.3) is 0 Å². The first-order valence-corrected chi connectivity index (χ1v) is 10.8. The fourth-order valence-electron chi connectivity index (χ4n) is 3.51. The van der Waals surface area contributed by atoms with Crippen molar-refractivity contribution in [3.63, 3.8) is 0 Å². The maximum atomic E-state index is 6.31. The van der Waals surface area contributed by atoms with E-state index in [9.17, 15) is 0 Å². The molecule has 2 aliphatic rings. The molecule has 0 unspecified atom stereocenters. The Balaban J connectivity index is 1.90. The first kappa shape index (κ1) is 22.7. The molecule has 5 nitrogen and oxygen atoms in total. The van der Waals surface area contributed by atoms with Gasteiger partial charge in [-0.2, -0.15) is 0 Å². The SMILES string of the molecule is CCc1cc(B2OC(C)(C)C(C)(C)O2)c(CC)cc1OB1OC(C)(C)C(C)(C)O1. The molecule has 1 aromatic rings. The molecule has 29 heavy (non-hydrogen) atoms. The highest BCUT2D eigenvalue weighted by Crippen LogP contribution is 2.39. The highest BCUT2D eigenvalue weighted by molar-refractivity contribution is 6.62. The van der Waals surface area contributed by atoms with Gasteiger partial charge in [0.25, 0.3) is 0 Å². The lowest BCUT2D eigenvalue weighted by atomic mass is 9.74. The zero-order valence-electron chi connectivity index (χ0n) is 19.8. The summed E-state index contributed by atoms with van der Waals surface area (Å²) in [5.41, 5.74) is 1.71. The molecule has 2 saturated heterocycles. The van der Waals surface area contributed by atoms with Crippen LogP contribution in [0.4, 0.5) is 0 Å². The molecule has 1 aromatic carbocycles. The lowest BCUT2D eigenvalue weighted by Gasteiger charge is -2.32. The van der Waals surface area contributed by atoms with Gasteiger partial charge in [0.1, 0.15) is 5.75 Å². The fraction of sp³-hybridized carbons (Fsp3) is 0.727. The van der Waals surface area contributed by atoms with Crippen LogP contribution in [-0.4, -0.2) is 36.8 Å². The molecule has 2 fully saturated rings. The second-order valence-electron chi connectivity index (χ2n) is 10.1. The molecule has 0 amide bonds. The van der Waals surface area contributed by atoms with Gasteiger partial charge in [-0.15, -0.1) is 0 Å². The average molecular weight is 402 g/mol. The van der Waals surface area contributed by atoms with Gasteiger partial charge in [0, 0.05) is 0 Å². The summed E-state index contributed by atoms with van der Waals surface area (Å²) >= 11 is 0. The molecule has 2 heterocycles. The number of hydrogen-bond acceptors (Lipinski definition) is 5. The van der Waals surface area contributed by atoms with E-state index in [4.69, 9.17) is 23.3 Å². The van der Waals surface area contributed by atoms with E-state index < -0.39 is 18.5 Å².